The van der Waals surface area contributed by atoms with Crippen LogP contribution in [-0.2, 0) is 30.9 Å². The molecule has 3 rings (SSSR count). The Bertz CT molecular complexity index is 917. The molecule has 9 heteroatoms. The number of ether oxygens (including phenoxy) is 1. The number of nitrogens with one attached hydrogen (secondary N) is 1. The fourth-order valence-corrected chi connectivity index (χ4v) is 4.83. The van der Waals surface area contributed by atoms with Crippen molar-refractivity contribution in [2.75, 3.05) is 19.3 Å². The van der Waals surface area contributed by atoms with Crippen LogP contribution in [0.4, 0.5) is 0 Å². The van der Waals surface area contributed by atoms with Crippen LogP contribution in [-0.4, -0.2) is 49.5 Å². The number of sulfonamides is 1. The Hall–Kier alpha value is -1.71. The quantitative estimate of drug-likeness (QED) is 0.696. The highest BCUT2D eigenvalue weighted by atomic mass is 79.9. The largest absolute Gasteiger partial charge is 0.450 e. The summed E-state index contributed by atoms with van der Waals surface area (Å²) in [6.07, 6.45) is 1.68. The molecule has 0 radical (unpaired) electrons. The number of nitrogens with zero attached hydrogens (tertiary/aromatic N) is 1. The Morgan fingerprint density at radius 3 is 2.52 bits per heavy atom. The van der Waals surface area contributed by atoms with E-state index in [1.54, 1.807) is 6.92 Å². The van der Waals surface area contributed by atoms with Gasteiger partial charge in [0.15, 0.2) is 0 Å². The van der Waals surface area contributed by atoms with E-state index >= 15 is 0 Å². The third-order valence-electron chi connectivity index (χ3n) is 5.05. The van der Waals surface area contributed by atoms with Crippen LogP contribution in [0.15, 0.2) is 39.9 Å². The molecule has 2 aliphatic heterocycles. The molecule has 1 amide bonds. The highest BCUT2D eigenvalue weighted by Crippen LogP contribution is 2.41. The molecule has 1 aromatic rings. The van der Waals surface area contributed by atoms with Gasteiger partial charge in [0.1, 0.15) is 5.60 Å². The molecule has 1 aromatic carbocycles. The van der Waals surface area contributed by atoms with Gasteiger partial charge in [-0.05, 0) is 18.6 Å². The molecule has 2 heterocycles. The lowest BCUT2D eigenvalue weighted by molar-refractivity contribution is -0.150. The molecule has 1 fully saturated rings. The van der Waals surface area contributed by atoms with Gasteiger partial charge in [0.25, 0.3) is 5.91 Å². The molecular weight excluding hydrogens is 436 g/mol. The molecule has 0 aliphatic carbocycles. The highest BCUT2D eigenvalue weighted by Gasteiger charge is 2.51. The van der Waals surface area contributed by atoms with Gasteiger partial charge in [0, 0.05) is 42.5 Å². The molecule has 0 unspecified atom stereocenters. The predicted molar refractivity (Wildman–Crippen MR) is 103 cm³/mol. The van der Waals surface area contributed by atoms with E-state index in [4.69, 9.17) is 4.74 Å². The van der Waals surface area contributed by atoms with E-state index in [-0.39, 0.29) is 37.4 Å². The van der Waals surface area contributed by atoms with E-state index in [1.807, 2.05) is 24.3 Å². The number of rotatable bonds is 4. The van der Waals surface area contributed by atoms with E-state index in [0.717, 1.165) is 16.3 Å². The van der Waals surface area contributed by atoms with Crippen molar-refractivity contribution in [2.45, 2.75) is 31.9 Å². The van der Waals surface area contributed by atoms with Crippen molar-refractivity contribution in [3.05, 3.63) is 45.4 Å². The first-order chi connectivity index (χ1) is 12.6. The van der Waals surface area contributed by atoms with Gasteiger partial charge in [-0.15, -0.1) is 0 Å². The summed E-state index contributed by atoms with van der Waals surface area (Å²) in [5, 5.41) is 2.85. The zero-order chi connectivity index (χ0) is 19.8. The molecule has 0 saturated carbocycles. The number of halogens is 1. The summed E-state index contributed by atoms with van der Waals surface area (Å²) in [7, 11) is -3.32. The summed E-state index contributed by atoms with van der Waals surface area (Å²) in [6, 6.07) is 7.54. The van der Waals surface area contributed by atoms with Crippen molar-refractivity contribution in [3.63, 3.8) is 0 Å². The number of esters is 1. The van der Waals surface area contributed by atoms with Crippen molar-refractivity contribution >= 4 is 37.8 Å². The van der Waals surface area contributed by atoms with Crippen molar-refractivity contribution in [3.8, 4) is 0 Å². The van der Waals surface area contributed by atoms with E-state index in [0.29, 0.717) is 12.1 Å². The summed E-state index contributed by atoms with van der Waals surface area (Å²) >= 11 is 3.44. The minimum atomic E-state index is -3.32. The number of carbonyl (C=O) groups is 2. The summed E-state index contributed by atoms with van der Waals surface area (Å²) in [6.45, 7) is 2.30. The van der Waals surface area contributed by atoms with E-state index in [1.165, 1.54) is 4.31 Å². The van der Waals surface area contributed by atoms with Crippen LogP contribution in [0.25, 0.3) is 0 Å². The maximum atomic E-state index is 12.9. The van der Waals surface area contributed by atoms with Crippen LogP contribution < -0.4 is 5.32 Å². The molecule has 1 saturated heterocycles. The van der Waals surface area contributed by atoms with Crippen molar-refractivity contribution < 1.29 is 22.7 Å². The lowest BCUT2D eigenvalue weighted by atomic mass is 9.83. The van der Waals surface area contributed by atoms with Gasteiger partial charge in [-0.1, -0.05) is 34.1 Å². The summed E-state index contributed by atoms with van der Waals surface area (Å²) in [5.41, 5.74) is 0.454. The maximum absolute atomic E-state index is 12.9. The average molecular weight is 457 g/mol. The molecule has 0 atom stereocenters. The number of hydrogen-bond donors (Lipinski definition) is 1. The molecule has 0 aromatic heterocycles. The van der Waals surface area contributed by atoms with Crippen molar-refractivity contribution in [2.24, 2.45) is 0 Å². The Kier molecular flexibility index (Phi) is 5.47. The second kappa shape index (κ2) is 7.37. The maximum Gasteiger partial charge on any atom is 0.335 e. The first-order valence-electron chi connectivity index (χ1n) is 8.55. The van der Waals surface area contributed by atoms with Crippen molar-refractivity contribution in [1.82, 2.24) is 9.62 Å². The summed E-state index contributed by atoms with van der Waals surface area (Å²) in [4.78, 5) is 25.1. The van der Waals surface area contributed by atoms with Gasteiger partial charge in [-0.25, -0.2) is 17.5 Å². The lowest BCUT2D eigenvalue weighted by Crippen LogP contribution is -2.50. The van der Waals surface area contributed by atoms with Crippen LogP contribution >= 0.6 is 15.9 Å². The second-order valence-electron chi connectivity index (χ2n) is 6.82. The summed E-state index contributed by atoms with van der Waals surface area (Å²) in [5.74, 6) is -0.879. The van der Waals surface area contributed by atoms with Crippen LogP contribution in [0.5, 0.6) is 0 Å². The molecule has 0 bridgehead atoms. The smallest absolute Gasteiger partial charge is 0.335 e. The summed E-state index contributed by atoms with van der Waals surface area (Å²) < 4.78 is 31.3. The van der Waals surface area contributed by atoms with Crippen LogP contribution in [0.3, 0.4) is 0 Å². The topological polar surface area (TPSA) is 92.8 Å². The van der Waals surface area contributed by atoms with Crippen LogP contribution in [0, 0.1) is 0 Å². The number of carbonyl (C=O) groups excluding carboxylic acids is 2. The predicted octanol–water partition coefficient (Wildman–Crippen LogP) is 1.73. The Morgan fingerprint density at radius 1 is 1.30 bits per heavy atom. The molecular formula is C18H21BrN2O5S. The van der Waals surface area contributed by atoms with E-state index < -0.39 is 21.6 Å². The van der Waals surface area contributed by atoms with Gasteiger partial charge < -0.3 is 10.1 Å². The monoisotopic (exact) mass is 456 g/mol. The Balaban J connectivity index is 1.78. The van der Waals surface area contributed by atoms with Gasteiger partial charge in [-0.3, -0.25) is 4.79 Å². The number of amides is 1. The Morgan fingerprint density at radius 2 is 1.93 bits per heavy atom. The number of piperidine rings is 1. The fourth-order valence-electron chi connectivity index (χ4n) is 3.56. The number of hydrogen-bond acceptors (Lipinski definition) is 5. The average Bonchev–Trinajstić information content (AvgIpc) is 2.83. The standard InChI is InChI=1S/C18H21BrN2O5S/c1-12-15(16(22)20-11-13-5-3-4-6-14(13)19)18(26-17(12)23)7-9-21(10-8-18)27(2,24)25/h3-6H,7-11H2,1-2H3,(H,20,22). The molecule has 1 N–H and O–H groups in total. The number of benzene rings is 1. The minimum Gasteiger partial charge on any atom is -0.450 e. The van der Waals surface area contributed by atoms with Crippen LogP contribution in [0.1, 0.15) is 25.3 Å². The van der Waals surface area contributed by atoms with Gasteiger partial charge in [-0.2, -0.15) is 0 Å². The third kappa shape index (κ3) is 3.95. The van der Waals surface area contributed by atoms with Crippen molar-refractivity contribution in [1.29, 1.82) is 0 Å². The fraction of sp³-hybridized carbons (Fsp3) is 0.444. The van der Waals surface area contributed by atoms with E-state index in [2.05, 4.69) is 21.2 Å². The second-order valence-corrected chi connectivity index (χ2v) is 9.66. The third-order valence-corrected chi connectivity index (χ3v) is 7.13. The minimum absolute atomic E-state index is 0.209. The lowest BCUT2D eigenvalue weighted by Gasteiger charge is -2.38. The first-order valence-corrected chi connectivity index (χ1v) is 11.2. The highest BCUT2D eigenvalue weighted by molar-refractivity contribution is 9.10. The van der Waals surface area contributed by atoms with Gasteiger partial charge in [0.2, 0.25) is 10.0 Å². The molecule has 1 spiro atoms. The normalized spacial score (nSPS) is 20.0. The SMILES string of the molecule is CC1=C(C(=O)NCc2ccccc2Br)C2(CCN(S(C)(=O)=O)CC2)OC1=O. The van der Waals surface area contributed by atoms with Gasteiger partial charge in [0.05, 0.1) is 11.8 Å². The molecule has 146 valence electrons. The molecule has 2 aliphatic rings. The van der Waals surface area contributed by atoms with E-state index in [9.17, 15) is 18.0 Å². The van der Waals surface area contributed by atoms with Gasteiger partial charge >= 0.3 is 5.97 Å². The first kappa shape index (κ1) is 20.0. The zero-order valence-electron chi connectivity index (χ0n) is 15.1. The molecule has 7 nitrogen and oxygen atoms in total. The molecule has 27 heavy (non-hydrogen) atoms. The Labute approximate surface area is 166 Å². The zero-order valence-corrected chi connectivity index (χ0v) is 17.5. The van der Waals surface area contributed by atoms with Crippen LogP contribution in [0.2, 0.25) is 0 Å².